The van der Waals surface area contributed by atoms with Gasteiger partial charge in [0.25, 0.3) is 5.91 Å². The molecular formula is C21H26N4O4. The predicted molar refractivity (Wildman–Crippen MR) is 107 cm³/mol. The Labute approximate surface area is 170 Å². The second-order valence-electron chi connectivity index (χ2n) is 7.15. The zero-order chi connectivity index (χ0) is 20.1. The molecule has 1 N–H and O–H groups in total. The molecule has 0 radical (unpaired) electrons. The molecule has 2 aliphatic rings. The van der Waals surface area contributed by atoms with Gasteiger partial charge in [-0.1, -0.05) is 18.2 Å². The largest absolute Gasteiger partial charge is 0.496 e. The second kappa shape index (κ2) is 8.75. The van der Waals surface area contributed by atoms with E-state index in [4.69, 9.17) is 14.2 Å². The molecule has 0 saturated carbocycles. The van der Waals surface area contributed by atoms with Crippen LogP contribution in [0.5, 0.6) is 5.75 Å². The summed E-state index contributed by atoms with van der Waals surface area (Å²) in [6.45, 7) is 3.28. The number of hydrogen-bond acceptors (Lipinski definition) is 7. The van der Waals surface area contributed by atoms with E-state index in [0.29, 0.717) is 37.8 Å². The summed E-state index contributed by atoms with van der Waals surface area (Å²) in [7, 11) is 1.65. The fourth-order valence-corrected chi connectivity index (χ4v) is 3.77. The number of carbonyl (C=O) groups is 1. The Bertz CT molecular complexity index is 844. The summed E-state index contributed by atoms with van der Waals surface area (Å²) in [5.74, 6) is 0.739. The molecular weight excluding hydrogens is 372 g/mol. The van der Waals surface area contributed by atoms with Gasteiger partial charge in [-0.15, -0.1) is 0 Å². The summed E-state index contributed by atoms with van der Waals surface area (Å²) in [6.07, 6.45) is 3.85. The maximum atomic E-state index is 12.5. The number of para-hydroxylation sites is 1. The third-order valence-electron chi connectivity index (χ3n) is 5.37. The zero-order valence-electron chi connectivity index (χ0n) is 16.6. The molecule has 154 valence electrons. The van der Waals surface area contributed by atoms with E-state index < -0.39 is 5.79 Å². The van der Waals surface area contributed by atoms with Crippen molar-refractivity contribution in [2.45, 2.75) is 25.0 Å². The maximum Gasteiger partial charge on any atom is 0.270 e. The first-order chi connectivity index (χ1) is 14.2. The summed E-state index contributed by atoms with van der Waals surface area (Å²) >= 11 is 0. The first-order valence-corrected chi connectivity index (χ1v) is 9.95. The zero-order valence-corrected chi connectivity index (χ0v) is 16.6. The molecule has 2 saturated heterocycles. The van der Waals surface area contributed by atoms with Gasteiger partial charge in [0.15, 0.2) is 5.79 Å². The molecule has 2 aliphatic heterocycles. The molecule has 3 heterocycles. The van der Waals surface area contributed by atoms with Gasteiger partial charge in [-0.25, -0.2) is 9.97 Å². The molecule has 1 aromatic heterocycles. The Morgan fingerprint density at radius 2 is 1.97 bits per heavy atom. The maximum absolute atomic E-state index is 12.5. The molecule has 8 nitrogen and oxygen atoms in total. The van der Waals surface area contributed by atoms with Crippen LogP contribution < -0.4 is 15.0 Å². The third-order valence-corrected chi connectivity index (χ3v) is 5.37. The van der Waals surface area contributed by atoms with Crippen molar-refractivity contribution in [2.24, 2.45) is 0 Å². The van der Waals surface area contributed by atoms with E-state index in [0.717, 1.165) is 37.2 Å². The van der Waals surface area contributed by atoms with Crippen molar-refractivity contribution in [3.8, 4) is 5.75 Å². The number of ether oxygens (including phenoxy) is 3. The van der Waals surface area contributed by atoms with Crippen molar-refractivity contribution in [1.29, 1.82) is 0 Å². The Hall–Kier alpha value is -2.71. The van der Waals surface area contributed by atoms with E-state index in [9.17, 15) is 4.79 Å². The standard InChI is InChI=1S/C21H26N4O4/c1-27-18-5-3-2-4-16(18)6-10-22-19(26)17-7-11-23-20(24-17)25-12-8-21(9-13-25)28-14-15-29-21/h2-5,7,11H,6,8-10,12-15H2,1H3,(H,22,26). The minimum atomic E-state index is -0.440. The average Bonchev–Trinajstić information content (AvgIpc) is 3.22. The monoisotopic (exact) mass is 398 g/mol. The molecule has 0 atom stereocenters. The molecule has 4 rings (SSSR count). The van der Waals surface area contributed by atoms with Crippen molar-refractivity contribution in [3.05, 3.63) is 47.8 Å². The Balaban J connectivity index is 1.33. The lowest BCUT2D eigenvalue weighted by molar-refractivity contribution is -0.169. The lowest BCUT2D eigenvalue weighted by Gasteiger charge is -2.37. The molecule has 2 fully saturated rings. The number of nitrogens with one attached hydrogen (secondary N) is 1. The molecule has 0 bridgehead atoms. The fourth-order valence-electron chi connectivity index (χ4n) is 3.77. The van der Waals surface area contributed by atoms with Gasteiger partial charge in [-0.3, -0.25) is 4.79 Å². The third kappa shape index (κ3) is 4.49. The Morgan fingerprint density at radius 1 is 1.21 bits per heavy atom. The van der Waals surface area contributed by atoms with Crippen LogP contribution in [-0.2, 0) is 15.9 Å². The summed E-state index contributed by atoms with van der Waals surface area (Å²) in [5, 5.41) is 2.93. The van der Waals surface area contributed by atoms with Crippen LogP contribution in [0.25, 0.3) is 0 Å². The van der Waals surface area contributed by atoms with E-state index in [1.807, 2.05) is 24.3 Å². The van der Waals surface area contributed by atoms with Crippen molar-refractivity contribution in [2.75, 3.05) is 44.9 Å². The topological polar surface area (TPSA) is 85.8 Å². The highest BCUT2D eigenvalue weighted by molar-refractivity contribution is 5.92. The number of nitrogens with zero attached hydrogens (tertiary/aromatic N) is 3. The van der Waals surface area contributed by atoms with Crippen molar-refractivity contribution < 1.29 is 19.0 Å². The van der Waals surface area contributed by atoms with Crippen LogP contribution in [0.3, 0.4) is 0 Å². The SMILES string of the molecule is COc1ccccc1CCNC(=O)c1ccnc(N2CCC3(CC2)OCCO3)n1. The van der Waals surface area contributed by atoms with Crippen LogP contribution in [0, 0.1) is 0 Å². The van der Waals surface area contributed by atoms with Gasteiger partial charge in [0.05, 0.1) is 20.3 Å². The highest BCUT2D eigenvalue weighted by Gasteiger charge is 2.40. The van der Waals surface area contributed by atoms with Gasteiger partial charge in [0.1, 0.15) is 11.4 Å². The minimum absolute atomic E-state index is 0.209. The van der Waals surface area contributed by atoms with E-state index in [1.165, 1.54) is 0 Å². The van der Waals surface area contributed by atoms with Crippen LogP contribution >= 0.6 is 0 Å². The molecule has 0 aliphatic carbocycles. The smallest absolute Gasteiger partial charge is 0.270 e. The van der Waals surface area contributed by atoms with Gasteiger partial charge in [-0.05, 0) is 24.1 Å². The van der Waals surface area contributed by atoms with Crippen molar-refractivity contribution in [1.82, 2.24) is 15.3 Å². The Morgan fingerprint density at radius 3 is 2.72 bits per heavy atom. The average molecular weight is 398 g/mol. The second-order valence-corrected chi connectivity index (χ2v) is 7.15. The number of hydrogen-bond donors (Lipinski definition) is 1. The fraction of sp³-hybridized carbons (Fsp3) is 0.476. The number of aromatic nitrogens is 2. The Kier molecular flexibility index (Phi) is 5.92. The highest BCUT2D eigenvalue weighted by atomic mass is 16.7. The van der Waals surface area contributed by atoms with E-state index in [1.54, 1.807) is 19.4 Å². The van der Waals surface area contributed by atoms with Gasteiger partial charge in [0, 0.05) is 38.7 Å². The number of amides is 1. The molecule has 8 heteroatoms. The molecule has 29 heavy (non-hydrogen) atoms. The number of rotatable bonds is 6. The van der Waals surface area contributed by atoms with E-state index in [-0.39, 0.29) is 5.91 Å². The van der Waals surface area contributed by atoms with Crippen molar-refractivity contribution >= 4 is 11.9 Å². The summed E-state index contributed by atoms with van der Waals surface area (Å²) in [4.78, 5) is 23.4. The van der Waals surface area contributed by atoms with Gasteiger partial charge >= 0.3 is 0 Å². The first-order valence-electron chi connectivity index (χ1n) is 9.95. The van der Waals surface area contributed by atoms with E-state index in [2.05, 4.69) is 20.2 Å². The number of carbonyl (C=O) groups excluding carboxylic acids is 1. The first kappa shape index (κ1) is 19.6. The molecule has 2 aromatic rings. The molecule has 0 unspecified atom stereocenters. The number of methoxy groups -OCH3 is 1. The summed E-state index contributed by atoms with van der Waals surface area (Å²) in [5.41, 5.74) is 1.42. The number of piperidine rings is 1. The predicted octanol–water partition coefficient (Wildman–Crippen LogP) is 1.80. The minimum Gasteiger partial charge on any atom is -0.496 e. The lowest BCUT2D eigenvalue weighted by atomic mass is 10.0. The highest BCUT2D eigenvalue weighted by Crippen LogP contribution is 2.32. The lowest BCUT2D eigenvalue weighted by Crippen LogP contribution is -2.45. The van der Waals surface area contributed by atoms with Crippen LogP contribution in [0.1, 0.15) is 28.9 Å². The van der Waals surface area contributed by atoms with Gasteiger partial charge in [0.2, 0.25) is 5.95 Å². The normalized spacial score (nSPS) is 18.0. The molecule has 1 spiro atoms. The molecule has 1 aromatic carbocycles. The van der Waals surface area contributed by atoms with Gasteiger partial charge in [-0.2, -0.15) is 0 Å². The van der Waals surface area contributed by atoms with E-state index >= 15 is 0 Å². The molecule has 1 amide bonds. The quantitative estimate of drug-likeness (QED) is 0.794. The van der Waals surface area contributed by atoms with Crippen LogP contribution in [0.4, 0.5) is 5.95 Å². The van der Waals surface area contributed by atoms with Crippen LogP contribution in [-0.4, -0.2) is 61.6 Å². The number of benzene rings is 1. The summed E-state index contributed by atoms with van der Waals surface area (Å²) < 4.78 is 16.9. The van der Waals surface area contributed by atoms with Crippen molar-refractivity contribution in [3.63, 3.8) is 0 Å². The number of anilines is 1. The van der Waals surface area contributed by atoms with Gasteiger partial charge < -0.3 is 24.4 Å². The summed E-state index contributed by atoms with van der Waals surface area (Å²) in [6, 6.07) is 9.43. The van der Waals surface area contributed by atoms with Crippen LogP contribution in [0.15, 0.2) is 36.5 Å². The van der Waals surface area contributed by atoms with Crippen LogP contribution in [0.2, 0.25) is 0 Å².